The average molecular weight is 378 g/mol. The van der Waals surface area contributed by atoms with Crippen LogP contribution in [0.3, 0.4) is 0 Å². The van der Waals surface area contributed by atoms with Crippen molar-refractivity contribution in [3.05, 3.63) is 29.1 Å². The van der Waals surface area contributed by atoms with E-state index in [0.717, 1.165) is 0 Å². The van der Waals surface area contributed by atoms with Crippen LogP contribution in [-0.4, -0.2) is 24.6 Å². The molecular formula is C10HF11O3. The lowest BCUT2D eigenvalue weighted by molar-refractivity contribution is -0.309. The lowest BCUT2D eigenvalue weighted by Crippen LogP contribution is -2.46. The third-order valence-electron chi connectivity index (χ3n) is 2.16. The van der Waals surface area contributed by atoms with Crippen LogP contribution in [0.25, 0.3) is 0 Å². The Morgan fingerprint density at radius 1 is 0.708 bits per heavy atom. The van der Waals surface area contributed by atoms with E-state index in [4.69, 9.17) is 0 Å². The molecule has 0 saturated heterocycles. The minimum Gasteiger partial charge on any atom is -0.411 e. The summed E-state index contributed by atoms with van der Waals surface area (Å²) in [6, 6.07) is 0. The molecule has 0 saturated carbocycles. The molecule has 0 aliphatic carbocycles. The molecule has 14 heteroatoms. The van der Waals surface area contributed by atoms with Crippen molar-refractivity contribution in [3.63, 3.8) is 0 Å². The number of rotatable bonds is 2. The van der Waals surface area contributed by atoms with E-state index >= 15 is 0 Å². The normalized spacial score (nSPS) is 12.5. The van der Waals surface area contributed by atoms with Gasteiger partial charge in [0, 0.05) is 0 Å². The fourth-order valence-electron chi connectivity index (χ4n) is 1.20. The molecule has 0 unspecified atom stereocenters. The molecule has 1 rings (SSSR count). The van der Waals surface area contributed by atoms with Crippen molar-refractivity contribution in [2.75, 3.05) is 0 Å². The summed E-state index contributed by atoms with van der Waals surface area (Å²) in [7, 11) is 0. The van der Waals surface area contributed by atoms with Crippen LogP contribution in [0.5, 0.6) is 5.75 Å². The number of hydrogen-bond donors (Lipinski definition) is 0. The van der Waals surface area contributed by atoms with Crippen LogP contribution in [0.2, 0.25) is 0 Å². The fraction of sp³-hybridized carbons (Fsp3) is 0.300. The second-order valence-corrected chi connectivity index (χ2v) is 3.83. The summed E-state index contributed by atoms with van der Waals surface area (Å²) in [4.78, 5) is 10.8. The molecule has 0 spiro atoms. The van der Waals surface area contributed by atoms with Crippen molar-refractivity contribution in [3.8, 4) is 5.75 Å². The third-order valence-corrected chi connectivity index (χ3v) is 2.16. The highest BCUT2D eigenvalue weighted by Gasteiger charge is 2.60. The number of carbonyl (C=O) groups is 1. The van der Waals surface area contributed by atoms with Crippen LogP contribution in [0.4, 0.5) is 53.1 Å². The van der Waals surface area contributed by atoms with Gasteiger partial charge in [-0.25, -0.2) is 18.0 Å². The van der Waals surface area contributed by atoms with Gasteiger partial charge in [-0.1, -0.05) is 0 Å². The van der Waals surface area contributed by atoms with Gasteiger partial charge in [0.05, 0.1) is 0 Å². The molecule has 0 atom stereocenters. The quantitative estimate of drug-likeness (QED) is 0.252. The van der Waals surface area contributed by atoms with Gasteiger partial charge in [0.15, 0.2) is 0 Å². The number of halogens is 11. The van der Waals surface area contributed by atoms with Crippen LogP contribution in [-0.2, 0) is 4.74 Å². The molecule has 0 radical (unpaired) electrons. The maximum Gasteiger partial charge on any atom is 0.514 e. The number of hydrogen-bond acceptors (Lipinski definition) is 3. The maximum atomic E-state index is 13.1. The molecule has 3 nitrogen and oxygen atoms in total. The Kier molecular flexibility index (Phi) is 5.20. The lowest BCUT2D eigenvalue weighted by atomic mass is 10.2. The Morgan fingerprint density at radius 2 is 1.04 bits per heavy atom. The van der Waals surface area contributed by atoms with Crippen molar-refractivity contribution in [1.29, 1.82) is 0 Å². The Bertz CT molecular complexity index is 606. The summed E-state index contributed by atoms with van der Waals surface area (Å²) < 4.78 is 143. The van der Waals surface area contributed by atoms with Gasteiger partial charge >= 0.3 is 18.5 Å². The summed E-state index contributed by atoms with van der Waals surface area (Å²) in [6.07, 6.45) is -20.1. The van der Waals surface area contributed by atoms with E-state index in [-0.39, 0.29) is 0 Å². The Labute approximate surface area is 123 Å². The van der Waals surface area contributed by atoms with E-state index in [1.165, 1.54) is 0 Å². The van der Waals surface area contributed by atoms with Crippen molar-refractivity contribution >= 4 is 6.16 Å². The molecule has 0 fully saturated rings. The van der Waals surface area contributed by atoms with E-state index in [1.807, 2.05) is 0 Å². The molecule has 1 aromatic rings. The van der Waals surface area contributed by atoms with E-state index in [0.29, 0.717) is 0 Å². The zero-order chi connectivity index (χ0) is 19.0. The summed E-state index contributed by atoms with van der Waals surface area (Å²) in [5.74, 6) is -16.0. The van der Waals surface area contributed by atoms with E-state index in [1.54, 1.807) is 0 Å². The zero-order valence-electron chi connectivity index (χ0n) is 10.5. The van der Waals surface area contributed by atoms with Gasteiger partial charge in [0.1, 0.15) is 0 Å². The van der Waals surface area contributed by atoms with Gasteiger partial charge < -0.3 is 9.47 Å². The van der Waals surface area contributed by atoms with Crippen molar-refractivity contribution < 1.29 is 62.6 Å². The first-order valence-corrected chi connectivity index (χ1v) is 5.21. The van der Waals surface area contributed by atoms with Gasteiger partial charge in [-0.3, -0.25) is 0 Å². The minimum absolute atomic E-state index is 2.43. The van der Waals surface area contributed by atoms with Crippen LogP contribution in [0.1, 0.15) is 0 Å². The zero-order valence-corrected chi connectivity index (χ0v) is 10.5. The molecule has 0 heterocycles. The van der Waals surface area contributed by atoms with Gasteiger partial charge in [-0.05, 0) is 0 Å². The van der Waals surface area contributed by atoms with Crippen LogP contribution < -0.4 is 4.74 Å². The van der Waals surface area contributed by atoms with E-state index in [9.17, 15) is 53.1 Å². The summed E-state index contributed by atoms with van der Waals surface area (Å²) in [6.45, 7) is 0. The van der Waals surface area contributed by atoms with Gasteiger partial charge in [-0.15, -0.1) is 0 Å². The number of ether oxygens (including phenoxy) is 2. The molecule has 136 valence electrons. The largest absolute Gasteiger partial charge is 0.514 e. The number of alkyl halides is 6. The van der Waals surface area contributed by atoms with Gasteiger partial charge in [-0.2, -0.15) is 35.1 Å². The molecule has 0 amide bonds. The highest BCUT2D eigenvalue weighted by atomic mass is 19.4. The molecule has 0 N–H and O–H groups in total. The highest BCUT2D eigenvalue weighted by molar-refractivity contribution is 5.64. The van der Waals surface area contributed by atoms with Crippen molar-refractivity contribution in [2.45, 2.75) is 18.5 Å². The van der Waals surface area contributed by atoms with Crippen LogP contribution in [0.15, 0.2) is 0 Å². The first kappa shape index (κ1) is 19.8. The van der Waals surface area contributed by atoms with E-state index in [2.05, 4.69) is 9.47 Å². The number of benzene rings is 1. The fourth-order valence-corrected chi connectivity index (χ4v) is 1.20. The van der Waals surface area contributed by atoms with Gasteiger partial charge in [0.2, 0.25) is 34.8 Å². The molecular weight excluding hydrogens is 377 g/mol. The predicted molar refractivity (Wildman–Crippen MR) is 49.2 cm³/mol. The molecule has 0 aromatic heterocycles. The van der Waals surface area contributed by atoms with Crippen LogP contribution in [0, 0.1) is 29.1 Å². The van der Waals surface area contributed by atoms with Crippen molar-refractivity contribution in [1.82, 2.24) is 0 Å². The molecule has 24 heavy (non-hydrogen) atoms. The molecule has 0 bridgehead atoms. The topological polar surface area (TPSA) is 35.5 Å². The number of carbonyl (C=O) groups excluding carboxylic acids is 1. The first-order chi connectivity index (χ1) is 10.7. The minimum atomic E-state index is -6.19. The lowest BCUT2D eigenvalue weighted by Gasteiger charge is -2.22. The second-order valence-electron chi connectivity index (χ2n) is 3.83. The predicted octanol–water partition coefficient (Wildman–Crippen LogP) is 4.39. The molecule has 1 aromatic carbocycles. The van der Waals surface area contributed by atoms with Crippen LogP contribution >= 0.6 is 0 Å². The maximum absolute atomic E-state index is 13.1. The van der Waals surface area contributed by atoms with E-state index < -0.39 is 59.4 Å². The van der Waals surface area contributed by atoms with Crippen molar-refractivity contribution in [2.24, 2.45) is 0 Å². The third kappa shape index (κ3) is 3.97. The Balaban J connectivity index is 3.13. The summed E-state index contributed by atoms with van der Waals surface area (Å²) >= 11 is 0. The molecule has 0 aliphatic rings. The summed E-state index contributed by atoms with van der Waals surface area (Å²) in [5.41, 5.74) is 0. The Hall–Kier alpha value is -2.28. The standard InChI is InChI=1S/C10HF11O3/c11-1-2(12)4(14)6(5(15)3(1)13)23-8(22)24-7(9(16,17)18)10(19,20)21/h7H. The smallest absolute Gasteiger partial charge is 0.411 e. The second kappa shape index (κ2) is 6.32. The Morgan fingerprint density at radius 3 is 1.38 bits per heavy atom. The molecule has 0 aliphatic heterocycles. The highest BCUT2D eigenvalue weighted by Crippen LogP contribution is 2.36. The SMILES string of the molecule is O=C(Oc1c(F)c(F)c(F)c(F)c1F)OC(C(F)(F)F)C(F)(F)F. The monoisotopic (exact) mass is 378 g/mol. The summed E-state index contributed by atoms with van der Waals surface area (Å²) in [5, 5.41) is 0. The average Bonchev–Trinajstić information content (AvgIpc) is 2.42. The first-order valence-electron chi connectivity index (χ1n) is 5.21. The van der Waals surface area contributed by atoms with Gasteiger partial charge in [0.25, 0.3) is 6.10 Å².